The van der Waals surface area contributed by atoms with Crippen LogP contribution in [0, 0.1) is 17.6 Å². The maximum atomic E-state index is 14.1. The summed E-state index contributed by atoms with van der Waals surface area (Å²) in [6.07, 6.45) is 1.17. The molecule has 0 unspecified atom stereocenters. The van der Waals surface area contributed by atoms with Crippen LogP contribution in [0.3, 0.4) is 0 Å². The van der Waals surface area contributed by atoms with Crippen molar-refractivity contribution >= 4 is 17.8 Å². The van der Waals surface area contributed by atoms with Gasteiger partial charge in [-0.3, -0.25) is 14.4 Å². The number of hydrogen-bond acceptors (Lipinski definition) is 3. The van der Waals surface area contributed by atoms with Crippen LogP contribution < -0.4 is 5.32 Å². The zero-order valence-corrected chi connectivity index (χ0v) is 14.7. The molecule has 2 amide bonds. The molecule has 0 saturated heterocycles. The smallest absolute Gasteiger partial charge is 0.308 e. The van der Waals surface area contributed by atoms with Gasteiger partial charge in [0.15, 0.2) is 0 Å². The number of nitrogens with zero attached hydrogens (tertiary/aromatic N) is 1. The van der Waals surface area contributed by atoms with Gasteiger partial charge in [0, 0.05) is 25.1 Å². The Labute approximate surface area is 150 Å². The van der Waals surface area contributed by atoms with Crippen LogP contribution in [0.5, 0.6) is 0 Å². The van der Waals surface area contributed by atoms with Crippen molar-refractivity contribution in [1.82, 2.24) is 10.2 Å². The molecular weight excluding hydrogens is 346 g/mol. The second-order valence-electron chi connectivity index (χ2n) is 6.61. The molecule has 8 heteroatoms. The number of benzene rings is 1. The van der Waals surface area contributed by atoms with E-state index in [1.807, 2.05) is 0 Å². The molecule has 0 spiro atoms. The highest BCUT2D eigenvalue weighted by molar-refractivity contribution is 5.80. The molecule has 6 nitrogen and oxygen atoms in total. The molecule has 2 N–H and O–H groups in total. The molecule has 2 rings (SSSR count). The summed E-state index contributed by atoms with van der Waals surface area (Å²) in [5.74, 6) is -4.46. The SMILES string of the molecule is CC(=O)N[C@H](CC(=O)N(C[C@@H](C)C(=O)O)C1CC1)c1c(F)cccc1F. The van der Waals surface area contributed by atoms with Gasteiger partial charge in [-0.15, -0.1) is 0 Å². The predicted octanol–water partition coefficient (Wildman–Crippen LogP) is 2.24. The lowest BCUT2D eigenvalue weighted by molar-refractivity contribution is -0.143. The lowest BCUT2D eigenvalue weighted by atomic mass is 10.0. The van der Waals surface area contributed by atoms with Gasteiger partial charge in [0.2, 0.25) is 11.8 Å². The Hall–Kier alpha value is -2.51. The van der Waals surface area contributed by atoms with Gasteiger partial charge < -0.3 is 15.3 Å². The second kappa shape index (κ2) is 8.25. The van der Waals surface area contributed by atoms with E-state index in [1.54, 1.807) is 0 Å². The van der Waals surface area contributed by atoms with E-state index in [-0.39, 0.29) is 24.6 Å². The van der Waals surface area contributed by atoms with Crippen molar-refractivity contribution in [1.29, 1.82) is 0 Å². The Morgan fingerprint density at radius 1 is 1.27 bits per heavy atom. The fourth-order valence-corrected chi connectivity index (χ4v) is 2.82. The Kier molecular flexibility index (Phi) is 6.28. The van der Waals surface area contributed by atoms with E-state index in [2.05, 4.69) is 5.32 Å². The van der Waals surface area contributed by atoms with Crippen LogP contribution in [0.2, 0.25) is 0 Å². The summed E-state index contributed by atoms with van der Waals surface area (Å²) in [7, 11) is 0. The van der Waals surface area contributed by atoms with Crippen molar-refractivity contribution in [2.24, 2.45) is 5.92 Å². The van der Waals surface area contributed by atoms with Crippen molar-refractivity contribution in [2.75, 3.05) is 6.54 Å². The van der Waals surface area contributed by atoms with E-state index >= 15 is 0 Å². The highest BCUT2D eigenvalue weighted by atomic mass is 19.1. The van der Waals surface area contributed by atoms with Gasteiger partial charge in [-0.05, 0) is 25.0 Å². The third-order valence-corrected chi connectivity index (χ3v) is 4.30. The van der Waals surface area contributed by atoms with Crippen LogP contribution in [0.1, 0.15) is 44.7 Å². The molecule has 1 fully saturated rings. The molecule has 0 aromatic heterocycles. The van der Waals surface area contributed by atoms with E-state index < -0.39 is 41.4 Å². The standard InChI is InChI=1S/C18H22F2N2O4/c1-10(18(25)26)9-22(12-6-7-12)16(24)8-15(21-11(2)23)17-13(19)4-3-5-14(17)20/h3-5,10,12,15H,6-9H2,1-2H3,(H,21,23)(H,25,26)/t10-,15-/m1/s1. The number of hydrogen-bond donors (Lipinski definition) is 2. The zero-order valence-electron chi connectivity index (χ0n) is 14.7. The third-order valence-electron chi connectivity index (χ3n) is 4.30. The summed E-state index contributed by atoms with van der Waals surface area (Å²) in [5, 5.41) is 11.5. The molecule has 1 saturated carbocycles. The van der Waals surface area contributed by atoms with Crippen molar-refractivity contribution < 1.29 is 28.3 Å². The van der Waals surface area contributed by atoms with Crippen molar-refractivity contribution in [3.8, 4) is 0 Å². The van der Waals surface area contributed by atoms with Crippen LogP contribution in [0.25, 0.3) is 0 Å². The molecule has 142 valence electrons. The molecule has 1 aromatic carbocycles. The maximum absolute atomic E-state index is 14.1. The first-order chi connectivity index (χ1) is 12.2. The summed E-state index contributed by atoms with van der Waals surface area (Å²) in [6.45, 7) is 2.71. The fourth-order valence-electron chi connectivity index (χ4n) is 2.82. The molecular formula is C18H22F2N2O4. The number of halogens is 2. The Balaban J connectivity index is 2.22. The van der Waals surface area contributed by atoms with Gasteiger partial charge >= 0.3 is 5.97 Å². The monoisotopic (exact) mass is 368 g/mol. The van der Waals surface area contributed by atoms with Crippen LogP contribution >= 0.6 is 0 Å². The topological polar surface area (TPSA) is 86.7 Å². The summed E-state index contributed by atoms with van der Waals surface area (Å²) in [5.41, 5.74) is -0.377. The number of carboxylic acid groups (broad SMARTS) is 1. The minimum Gasteiger partial charge on any atom is -0.481 e. The largest absolute Gasteiger partial charge is 0.481 e. The average molecular weight is 368 g/mol. The number of amides is 2. The lowest BCUT2D eigenvalue weighted by Crippen LogP contribution is -2.41. The normalized spacial score (nSPS) is 15.8. The molecule has 0 aliphatic heterocycles. The Morgan fingerprint density at radius 3 is 2.31 bits per heavy atom. The average Bonchev–Trinajstić information content (AvgIpc) is 3.35. The van der Waals surface area contributed by atoms with E-state index in [0.717, 1.165) is 25.0 Å². The van der Waals surface area contributed by atoms with E-state index in [9.17, 15) is 23.2 Å². The fraction of sp³-hybridized carbons (Fsp3) is 0.500. The van der Waals surface area contributed by atoms with Gasteiger partial charge in [0.05, 0.1) is 18.4 Å². The maximum Gasteiger partial charge on any atom is 0.308 e. The van der Waals surface area contributed by atoms with Crippen LogP contribution in [-0.2, 0) is 14.4 Å². The van der Waals surface area contributed by atoms with Gasteiger partial charge in [0.25, 0.3) is 0 Å². The first-order valence-corrected chi connectivity index (χ1v) is 8.44. The van der Waals surface area contributed by atoms with E-state index in [1.165, 1.54) is 24.8 Å². The quantitative estimate of drug-likeness (QED) is 0.737. The predicted molar refractivity (Wildman–Crippen MR) is 89.1 cm³/mol. The highest BCUT2D eigenvalue weighted by Crippen LogP contribution is 2.31. The zero-order chi connectivity index (χ0) is 19.4. The van der Waals surface area contributed by atoms with Crippen molar-refractivity contribution in [2.45, 2.75) is 45.2 Å². The van der Waals surface area contributed by atoms with Gasteiger partial charge in [-0.1, -0.05) is 13.0 Å². The third kappa shape index (κ3) is 5.00. The molecule has 1 aliphatic carbocycles. The summed E-state index contributed by atoms with van der Waals surface area (Å²) in [6, 6.07) is 2.09. The Bertz CT molecular complexity index is 686. The van der Waals surface area contributed by atoms with Gasteiger partial charge in [-0.2, -0.15) is 0 Å². The molecule has 1 aromatic rings. The number of nitrogens with one attached hydrogen (secondary N) is 1. The number of carboxylic acids is 1. The highest BCUT2D eigenvalue weighted by Gasteiger charge is 2.36. The van der Waals surface area contributed by atoms with Crippen LogP contribution in [0.4, 0.5) is 8.78 Å². The number of carbonyl (C=O) groups excluding carboxylic acids is 2. The van der Waals surface area contributed by atoms with Gasteiger partial charge in [-0.25, -0.2) is 8.78 Å². The van der Waals surface area contributed by atoms with Crippen molar-refractivity contribution in [3.05, 3.63) is 35.4 Å². The summed E-state index contributed by atoms with van der Waals surface area (Å²) in [4.78, 5) is 36.7. The Morgan fingerprint density at radius 2 is 1.85 bits per heavy atom. The van der Waals surface area contributed by atoms with Crippen LogP contribution in [0.15, 0.2) is 18.2 Å². The molecule has 26 heavy (non-hydrogen) atoms. The van der Waals surface area contributed by atoms with E-state index in [4.69, 9.17) is 5.11 Å². The first-order valence-electron chi connectivity index (χ1n) is 8.44. The number of rotatable bonds is 8. The van der Waals surface area contributed by atoms with Gasteiger partial charge in [0.1, 0.15) is 11.6 Å². The number of aliphatic carboxylic acids is 1. The molecule has 0 bridgehead atoms. The minimum absolute atomic E-state index is 0.0192. The summed E-state index contributed by atoms with van der Waals surface area (Å²) < 4.78 is 28.2. The molecule has 0 heterocycles. The second-order valence-corrected chi connectivity index (χ2v) is 6.61. The molecule has 0 radical (unpaired) electrons. The van der Waals surface area contributed by atoms with Crippen molar-refractivity contribution in [3.63, 3.8) is 0 Å². The lowest BCUT2D eigenvalue weighted by Gasteiger charge is -2.27. The number of carbonyl (C=O) groups is 3. The minimum atomic E-state index is -1.16. The van der Waals surface area contributed by atoms with E-state index in [0.29, 0.717) is 0 Å². The molecule has 2 atom stereocenters. The first kappa shape index (κ1) is 19.8. The van der Waals surface area contributed by atoms with Crippen LogP contribution in [-0.4, -0.2) is 40.4 Å². The molecule has 1 aliphatic rings. The summed E-state index contributed by atoms with van der Waals surface area (Å²) >= 11 is 0.